The molecule has 3 heterocycles. The number of hydrogen-bond acceptors (Lipinski definition) is 6. The summed E-state index contributed by atoms with van der Waals surface area (Å²) >= 11 is 1.55. The molecule has 3 aromatic rings. The van der Waals surface area contributed by atoms with Crippen LogP contribution in [0.2, 0.25) is 0 Å². The zero-order valence-electron chi connectivity index (χ0n) is 12.6. The van der Waals surface area contributed by atoms with E-state index in [9.17, 15) is 9.59 Å². The number of amides is 2. The molecule has 24 heavy (non-hydrogen) atoms. The van der Waals surface area contributed by atoms with Crippen LogP contribution in [0.15, 0.2) is 41.8 Å². The van der Waals surface area contributed by atoms with Gasteiger partial charge in [0.05, 0.1) is 22.5 Å². The number of rotatable bonds is 5. The smallest absolute Gasteiger partial charge is 0.261 e. The van der Waals surface area contributed by atoms with Gasteiger partial charge in [-0.25, -0.2) is 0 Å². The number of thiophene rings is 1. The lowest BCUT2D eigenvalue weighted by molar-refractivity contribution is 0.0649. The SMILES string of the molecule is O=C1c2ccccc2C(=O)N1CCCn1nnc(-c2cccs2)n1. The van der Waals surface area contributed by atoms with E-state index in [4.69, 9.17) is 0 Å². The van der Waals surface area contributed by atoms with E-state index in [1.807, 2.05) is 17.5 Å². The van der Waals surface area contributed by atoms with Crippen molar-refractivity contribution in [3.63, 3.8) is 0 Å². The van der Waals surface area contributed by atoms with Crippen LogP contribution >= 0.6 is 11.3 Å². The van der Waals surface area contributed by atoms with Gasteiger partial charge in [-0.05, 0) is 35.2 Å². The molecular weight excluding hydrogens is 326 g/mol. The third-order valence-corrected chi connectivity index (χ3v) is 4.68. The van der Waals surface area contributed by atoms with Gasteiger partial charge in [0.2, 0.25) is 5.82 Å². The molecule has 7 nitrogen and oxygen atoms in total. The molecule has 0 atom stereocenters. The third-order valence-electron chi connectivity index (χ3n) is 3.81. The fraction of sp³-hybridized carbons (Fsp3) is 0.188. The molecule has 1 aliphatic rings. The standard InChI is InChI=1S/C16H13N5O2S/c22-15-11-5-1-2-6-12(11)16(23)20(15)8-4-9-21-18-14(17-19-21)13-7-3-10-24-13/h1-3,5-7,10H,4,8-9H2. The summed E-state index contributed by atoms with van der Waals surface area (Å²) in [6.07, 6.45) is 0.575. The molecule has 1 aliphatic heterocycles. The summed E-state index contributed by atoms with van der Waals surface area (Å²) in [6, 6.07) is 10.8. The van der Waals surface area contributed by atoms with E-state index in [0.29, 0.717) is 36.5 Å². The van der Waals surface area contributed by atoms with Crippen molar-refractivity contribution in [2.24, 2.45) is 0 Å². The predicted molar refractivity (Wildman–Crippen MR) is 87.6 cm³/mol. The Kier molecular flexibility index (Phi) is 3.66. The zero-order valence-corrected chi connectivity index (χ0v) is 13.4. The van der Waals surface area contributed by atoms with E-state index in [1.165, 1.54) is 9.70 Å². The number of aromatic nitrogens is 4. The van der Waals surface area contributed by atoms with Crippen LogP contribution < -0.4 is 0 Å². The van der Waals surface area contributed by atoms with E-state index in [2.05, 4.69) is 15.4 Å². The molecule has 0 N–H and O–H groups in total. The summed E-state index contributed by atoms with van der Waals surface area (Å²) in [5.41, 5.74) is 0.947. The van der Waals surface area contributed by atoms with E-state index < -0.39 is 0 Å². The molecule has 0 bridgehead atoms. The molecule has 0 saturated carbocycles. The van der Waals surface area contributed by atoms with Crippen molar-refractivity contribution in [1.82, 2.24) is 25.1 Å². The highest BCUT2D eigenvalue weighted by Gasteiger charge is 2.34. The van der Waals surface area contributed by atoms with Crippen LogP contribution in [0.5, 0.6) is 0 Å². The van der Waals surface area contributed by atoms with E-state index >= 15 is 0 Å². The van der Waals surface area contributed by atoms with Gasteiger partial charge in [-0.15, -0.1) is 21.5 Å². The van der Waals surface area contributed by atoms with Gasteiger partial charge in [0.15, 0.2) is 0 Å². The van der Waals surface area contributed by atoms with Crippen LogP contribution in [0.25, 0.3) is 10.7 Å². The normalized spacial score (nSPS) is 13.6. The Labute approximate surface area is 141 Å². The largest absolute Gasteiger partial charge is 0.274 e. The van der Waals surface area contributed by atoms with Gasteiger partial charge in [0.1, 0.15) is 0 Å². The van der Waals surface area contributed by atoms with Gasteiger partial charge in [-0.2, -0.15) is 4.80 Å². The van der Waals surface area contributed by atoms with E-state index in [-0.39, 0.29) is 11.8 Å². The van der Waals surface area contributed by atoms with Crippen molar-refractivity contribution in [1.29, 1.82) is 0 Å². The maximum atomic E-state index is 12.3. The minimum Gasteiger partial charge on any atom is -0.274 e. The van der Waals surface area contributed by atoms with Crippen molar-refractivity contribution >= 4 is 23.2 Å². The van der Waals surface area contributed by atoms with Gasteiger partial charge in [-0.1, -0.05) is 18.2 Å². The third kappa shape index (κ3) is 2.50. The van der Waals surface area contributed by atoms with Crippen LogP contribution in [-0.4, -0.2) is 43.5 Å². The lowest BCUT2D eigenvalue weighted by Crippen LogP contribution is -2.31. The molecular formula is C16H13N5O2S. The first-order valence-electron chi connectivity index (χ1n) is 7.51. The topological polar surface area (TPSA) is 81.0 Å². The lowest BCUT2D eigenvalue weighted by atomic mass is 10.1. The van der Waals surface area contributed by atoms with Crippen LogP contribution in [0.1, 0.15) is 27.1 Å². The number of hydrogen-bond donors (Lipinski definition) is 0. The summed E-state index contributed by atoms with van der Waals surface area (Å²) in [4.78, 5) is 28.3. The number of aryl methyl sites for hydroxylation is 1. The Morgan fingerprint density at radius 1 is 0.958 bits per heavy atom. The zero-order chi connectivity index (χ0) is 16.5. The highest BCUT2D eigenvalue weighted by atomic mass is 32.1. The molecule has 1 aromatic carbocycles. The second kappa shape index (κ2) is 5.97. The number of nitrogens with zero attached hydrogens (tertiary/aromatic N) is 5. The quantitative estimate of drug-likeness (QED) is 0.665. The fourth-order valence-corrected chi connectivity index (χ4v) is 3.30. The van der Waals surface area contributed by atoms with Gasteiger partial charge >= 0.3 is 0 Å². The Morgan fingerprint density at radius 3 is 2.38 bits per heavy atom. The molecule has 0 spiro atoms. The van der Waals surface area contributed by atoms with Crippen molar-refractivity contribution < 1.29 is 9.59 Å². The van der Waals surface area contributed by atoms with Gasteiger partial charge in [0.25, 0.3) is 11.8 Å². The summed E-state index contributed by atoms with van der Waals surface area (Å²) < 4.78 is 0. The van der Waals surface area contributed by atoms with Crippen molar-refractivity contribution in [2.45, 2.75) is 13.0 Å². The minimum atomic E-state index is -0.235. The number of imide groups is 1. The van der Waals surface area contributed by atoms with Crippen molar-refractivity contribution in [3.8, 4) is 10.7 Å². The van der Waals surface area contributed by atoms with Crippen LogP contribution in [0.3, 0.4) is 0 Å². The van der Waals surface area contributed by atoms with Crippen LogP contribution in [-0.2, 0) is 6.54 Å². The number of carbonyl (C=O) groups excluding carboxylic acids is 2. The van der Waals surface area contributed by atoms with Crippen molar-refractivity contribution in [3.05, 3.63) is 52.9 Å². The summed E-state index contributed by atoms with van der Waals surface area (Å²) in [6.45, 7) is 0.827. The average molecular weight is 339 g/mol. The van der Waals surface area contributed by atoms with E-state index in [0.717, 1.165) is 4.88 Å². The highest BCUT2D eigenvalue weighted by Crippen LogP contribution is 2.22. The first-order valence-corrected chi connectivity index (χ1v) is 8.39. The van der Waals surface area contributed by atoms with E-state index in [1.54, 1.807) is 35.6 Å². The summed E-state index contributed by atoms with van der Waals surface area (Å²) in [5.74, 6) is 0.119. The Morgan fingerprint density at radius 2 is 1.71 bits per heavy atom. The molecule has 0 aliphatic carbocycles. The van der Waals surface area contributed by atoms with Crippen LogP contribution in [0.4, 0.5) is 0 Å². The van der Waals surface area contributed by atoms with Crippen molar-refractivity contribution in [2.75, 3.05) is 6.54 Å². The predicted octanol–water partition coefficient (Wildman–Crippen LogP) is 2.09. The Balaban J connectivity index is 1.39. The molecule has 8 heteroatoms. The second-order valence-electron chi connectivity index (χ2n) is 5.35. The molecule has 4 rings (SSSR count). The molecule has 120 valence electrons. The monoisotopic (exact) mass is 339 g/mol. The number of carbonyl (C=O) groups is 2. The molecule has 0 unspecified atom stereocenters. The average Bonchev–Trinajstić information content (AvgIpc) is 3.32. The first kappa shape index (κ1) is 14.7. The fourth-order valence-electron chi connectivity index (χ4n) is 2.65. The second-order valence-corrected chi connectivity index (χ2v) is 6.30. The molecule has 2 amide bonds. The Hall–Kier alpha value is -2.87. The number of fused-ring (bicyclic) bond motifs is 1. The highest BCUT2D eigenvalue weighted by molar-refractivity contribution is 7.13. The number of benzene rings is 1. The van der Waals surface area contributed by atoms with Gasteiger partial charge in [-0.3, -0.25) is 14.5 Å². The summed E-state index contributed by atoms with van der Waals surface area (Å²) in [7, 11) is 0. The van der Waals surface area contributed by atoms with Crippen LogP contribution in [0, 0.1) is 0 Å². The number of tetrazole rings is 1. The van der Waals surface area contributed by atoms with Gasteiger partial charge < -0.3 is 0 Å². The molecule has 0 saturated heterocycles. The molecule has 2 aromatic heterocycles. The molecule has 0 radical (unpaired) electrons. The maximum Gasteiger partial charge on any atom is 0.261 e. The van der Waals surface area contributed by atoms with Gasteiger partial charge in [0, 0.05) is 6.54 Å². The lowest BCUT2D eigenvalue weighted by Gasteiger charge is -2.12. The maximum absolute atomic E-state index is 12.3. The first-order chi connectivity index (χ1) is 11.7. The minimum absolute atomic E-state index is 0.235. The molecule has 0 fully saturated rings. The summed E-state index contributed by atoms with van der Waals surface area (Å²) in [5, 5.41) is 14.3. The Bertz CT molecular complexity index is 868.